The lowest BCUT2D eigenvalue weighted by molar-refractivity contribution is 0.191. The molecule has 4 nitrogen and oxygen atoms in total. The minimum atomic E-state index is 0.0856. The number of benzene rings is 3. The van der Waals surface area contributed by atoms with Gasteiger partial charge in [-0.25, -0.2) is 9.97 Å². The summed E-state index contributed by atoms with van der Waals surface area (Å²) in [7, 11) is 0. The van der Waals surface area contributed by atoms with Gasteiger partial charge in [-0.05, 0) is 36.2 Å². The Morgan fingerprint density at radius 1 is 0.818 bits per heavy atom. The smallest absolute Gasteiger partial charge is 0.233 e. The van der Waals surface area contributed by atoms with Gasteiger partial charge in [-0.2, -0.15) is 0 Å². The Kier molecular flexibility index (Phi) is 6.58. The standard InChI is InChI=1S/C27H23Cl2N3O/c28-22-10-6-20(7-11-22)26-27(21-8-12-23(29)13-9-21)31-25(16-30-26)33-24-14-15-32(18-24)17-19-4-2-1-3-5-19/h1-13,16,24H,14-15,17-18H2/t24-/m0/s1. The van der Waals surface area contributed by atoms with E-state index in [1.807, 2.05) is 54.6 Å². The molecule has 4 aromatic rings. The van der Waals surface area contributed by atoms with Crippen LogP contribution in [0.4, 0.5) is 0 Å². The predicted octanol–water partition coefficient (Wildman–Crippen LogP) is 6.77. The summed E-state index contributed by atoms with van der Waals surface area (Å²) in [5.41, 5.74) is 4.72. The van der Waals surface area contributed by atoms with Crippen molar-refractivity contribution in [1.29, 1.82) is 0 Å². The van der Waals surface area contributed by atoms with E-state index in [2.05, 4.69) is 29.2 Å². The van der Waals surface area contributed by atoms with Crippen LogP contribution in [0.25, 0.3) is 22.5 Å². The topological polar surface area (TPSA) is 38.2 Å². The third-order valence-electron chi connectivity index (χ3n) is 5.75. The number of ether oxygens (including phenoxy) is 1. The average Bonchev–Trinajstić information content (AvgIpc) is 3.27. The first-order valence-corrected chi connectivity index (χ1v) is 11.7. The molecule has 1 aromatic heterocycles. The third kappa shape index (κ3) is 5.36. The Hall–Kier alpha value is -2.92. The van der Waals surface area contributed by atoms with E-state index in [4.69, 9.17) is 37.9 Å². The summed E-state index contributed by atoms with van der Waals surface area (Å²) >= 11 is 12.2. The van der Waals surface area contributed by atoms with Crippen LogP contribution in [0.3, 0.4) is 0 Å². The lowest BCUT2D eigenvalue weighted by atomic mass is 10.0. The van der Waals surface area contributed by atoms with Crippen molar-refractivity contribution in [3.8, 4) is 28.4 Å². The highest BCUT2D eigenvalue weighted by molar-refractivity contribution is 6.31. The van der Waals surface area contributed by atoms with Gasteiger partial charge in [-0.1, -0.05) is 77.8 Å². The van der Waals surface area contributed by atoms with E-state index in [9.17, 15) is 0 Å². The Balaban J connectivity index is 1.38. The lowest BCUT2D eigenvalue weighted by Crippen LogP contribution is -2.24. The zero-order valence-corrected chi connectivity index (χ0v) is 19.5. The molecule has 0 spiro atoms. The minimum absolute atomic E-state index is 0.0856. The summed E-state index contributed by atoms with van der Waals surface area (Å²) in [5, 5.41) is 1.36. The van der Waals surface area contributed by atoms with Crippen LogP contribution in [-0.2, 0) is 6.54 Å². The molecule has 1 fully saturated rings. The monoisotopic (exact) mass is 475 g/mol. The molecule has 0 aliphatic carbocycles. The number of aromatic nitrogens is 2. The molecule has 0 N–H and O–H groups in total. The molecule has 0 radical (unpaired) electrons. The van der Waals surface area contributed by atoms with Crippen LogP contribution in [0.2, 0.25) is 10.0 Å². The van der Waals surface area contributed by atoms with E-state index in [1.165, 1.54) is 5.56 Å². The minimum Gasteiger partial charge on any atom is -0.472 e. The van der Waals surface area contributed by atoms with Gasteiger partial charge in [0.25, 0.3) is 0 Å². The number of nitrogens with zero attached hydrogens (tertiary/aromatic N) is 3. The normalized spacial score (nSPS) is 16.1. The van der Waals surface area contributed by atoms with Crippen LogP contribution < -0.4 is 4.74 Å². The Bertz CT molecular complexity index is 1210. The van der Waals surface area contributed by atoms with Gasteiger partial charge in [0.1, 0.15) is 11.8 Å². The molecular formula is C27H23Cl2N3O. The maximum atomic E-state index is 6.28. The van der Waals surface area contributed by atoms with Crippen LogP contribution in [0.15, 0.2) is 85.1 Å². The molecule has 1 aliphatic heterocycles. The molecule has 0 unspecified atom stereocenters. The van der Waals surface area contributed by atoms with Crippen LogP contribution in [0.1, 0.15) is 12.0 Å². The van der Waals surface area contributed by atoms with Gasteiger partial charge >= 0.3 is 0 Å². The maximum absolute atomic E-state index is 6.28. The van der Waals surface area contributed by atoms with Crippen LogP contribution in [0, 0.1) is 0 Å². The second-order valence-electron chi connectivity index (χ2n) is 8.17. The molecule has 3 aromatic carbocycles. The molecule has 1 aliphatic rings. The number of rotatable bonds is 6. The Labute approximate surface area is 203 Å². The molecule has 0 saturated carbocycles. The molecule has 5 rings (SSSR count). The summed E-state index contributed by atoms with van der Waals surface area (Å²) in [6.07, 6.45) is 2.76. The molecule has 6 heteroatoms. The summed E-state index contributed by atoms with van der Waals surface area (Å²) < 4.78 is 6.28. The van der Waals surface area contributed by atoms with Crippen molar-refractivity contribution in [2.75, 3.05) is 13.1 Å². The van der Waals surface area contributed by atoms with Crippen molar-refractivity contribution in [2.45, 2.75) is 19.1 Å². The average molecular weight is 476 g/mol. The van der Waals surface area contributed by atoms with Crippen molar-refractivity contribution in [3.63, 3.8) is 0 Å². The summed E-state index contributed by atoms with van der Waals surface area (Å²) in [4.78, 5) is 12.0. The summed E-state index contributed by atoms with van der Waals surface area (Å²) in [6, 6.07) is 25.8. The SMILES string of the molecule is Clc1ccc(-c2ncc(O[C@H]3CCN(Cc4ccccc4)C3)nc2-c2ccc(Cl)cc2)cc1. The Morgan fingerprint density at radius 3 is 2.12 bits per heavy atom. The zero-order chi connectivity index (χ0) is 22.6. The predicted molar refractivity (Wildman–Crippen MR) is 134 cm³/mol. The molecule has 2 heterocycles. The van der Waals surface area contributed by atoms with E-state index >= 15 is 0 Å². The van der Waals surface area contributed by atoms with Gasteiger partial charge in [0.15, 0.2) is 0 Å². The highest BCUT2D eigenvalue weighted by atomic mass is 35.5. The van der Waals surface area contributed by atoms with Crippen molar-refractivity contribution < 1.29 is 4.74 Å². The molecule has 33 heavy (non-hydrogen) atoms. The van der Waals surface area contributed by atoms with Gasteiger partial charge < -0.3 is 4.74 Å². The van der Waals surface area contributed by atoms with Gasteiger partial charge in [-0.3, -0.25) is 4.90 Å². The largest absolute Gasteiger partial charge is 0.472 e. The highest BCUT2D eigenvalue weighted by Crippen LogP contribution is 2.32. The lowest BCUT2D eigenvalue weighted by Gasteiger charge is -2.17. The zero-order valence-electron chi connectivity index (χ0n) is 18.0. The van der Waals surface area contributed by atoms with Crippen LogP contribution in [0.5, 0.6) is 5.88 Å². The fraction of sp³-hybridized carbons (Fsp3) is 0.185. The fourth-order valence-corrected chi connectivity index (χ4v) is 4.36. The second kappa shape index (κ2) is 9.92. The van der Waals surface area contributed by atoms with E-state index < -0.39 is 0 Å². The number of halogens is 2. The third-order valence-corrected chi connectivity index (χ3v) is 6.26. The summed E-state index contributed by atoms with van der Waals surface area (Å²) in [6.45, 7) is 2.80. The van der Waals surface area contributed by atoms with Crippen molar-refractivity contribution in [1.82, 2.24) is 14.9 Å². The van der Waals surface area contributed by atoms with Crippen molar-refractivity contribution in [3.05, 3.63) is 101 Å². The van der Waals surface area contributed by atoms with E-state index in [0.717, 1.165) is 48.6 Å². The molecular weight excluding hydrogens is 453 g/mol. The highest BCUT2D eigenvalue weighted by Gasteiger charge is 2.25. The molecule has 1 atom stereocenters. The molecule has 166 valence electrons. The molecule has 0 amide bonds. The Morgan fingerprint density at radius 2 is 1.45 bits per heavy atom. The first-order valence-electron chi connectivity index (χ1n) is 11.0. The first kappa shape index (κ1) is 21.9. The first-order chi connectivity index (χ1) is 16.1. The quantitative estimate of drug-likeness (QED) is 0.308. The van der Waals surface area contributed by atoms with E-state index in [1.54, 1.807) is 6.20 Å². The van der Waals surface area contributed by atoms with Gasteiger partial charge in [0.05, 0.1) is 11.9 Å². The van der Waals surface area contributed by atoms with E-state index in [-0.39, 0.29) is 6.10 Å². The van der Waals surface area contributed by atoms with Gasteiger partial charge in [0, 0.05) is 40.8 Å². The maximum Gasteiger partial charge on any atom is 0.233 e. The van der Waals surface area contributed by atoms with Gasteiger partial charge in [0.2, 0.25) is 5.88 Å². The number of hydrogen-bond acceptors (Lipinski definition) is 4. The van der Waals surface area contributed by atoms with Crippen molar-refractivity contribution in [2.24, 2.45) is 0 Å². The van der Waals surface area contributed by atoms with E-state index in [0.29, 0.717) is 15.9 Å². The number of likely N-dealkylation sites (tertiary alicyclic amines) is 1. The molecule has 1 saturated heterocycles. The van der Waals surface area contributed by atoms with Crippen molar-refractivity contribution >= 4 is 23.2 Å². The fourth-order valence-electron chi connectivity index (χ4n) is 4.11. The van der Waals surface area contributed by atoms with Crippen LogP contribution >= 0.6 is 23.2 Å². The van der Waals surface area contributed by atoms with Crippen LogP contribution in [-0.4, -0.2) is 34.1 Å². The number of hydrogen-bond donors (Lipinski definition) is 0. The molecule has 0 bridgehead atoms. The van der Waals surface area contributed by atoms with Gasteiger partial charge in [-0.15, -0.1) is 0 Å². The second-order valence-corrected chi connectivity index (χ2v) is 9.04. The summed E-state index contributed by atoms with van der Waals surface area (Å²) in [5.74, 6) is 0.532.